The third-order valence-electron chi connectivity index (χ3n) is 1.85. The van der Waals surface area contributed by atoms with E-state index in [1.54, 1.807) is 0 Å². The van der Waals surface area contributed by atoms with Crippen molar-refractivity contribution in [3.05, 3.63) is 16.7 Å². The summed E-state index contributed by atoms with van der Waals surface area (Å²) in [5, 5.41) is 8.89. The maximum absolute atomic E-state index is 10.9. The van der Waals surface area contributed by atoms with E-state index in [4.69, 9.17) is 31.9 Å². The molecule has 0 aliphatic heterocycles. The first kappa shape index (κ1) is 11.5. The van der Waals surface area contributed by atoms with Crippen LogP contribution in [0.5, 0.6) is 11.5 Å². The third-order valence-corrected chi connectivity index (χ3v) is 2.26. The van der Waals surface area contributed by atoms with Crippen molar-refractivity contribution < 1.29 is 19.4 Å². The van der Waals surface area contributed by atoms with Gasteiger partial charge in [-0.05, 0) is 0 Å². The Morgan fingerprint density at radius 2 is 2.07 bits per heavy atom. The maximum Gasteiger partial charge on any atom is 0.341 e. The fraction of sp³-hybridized carbons (Fsp3) is 0.222. The second-order valence-corrected chi connectivity index (χ2v) is 3.07. The molecular weight excluding hydrogens is 222 g/mol. The van der Waals surface area contributed by atoms with E-state index >= 15 is 0 Å². The largest absolute Gasteiger partial charge is 0.493 e. The second-order valence-electron chi connectivity index (χ2n) is 2.70. The fourth-order valence-electron chi connectivity index (χ4n) is 1.18. The average Bonchev–Trinajstić information content (AvgIpc) is 2.20. The van der Waals surface area contributed by atoms with Crippen LogP contribution in [-0.2, 0) is 0 Å². The van der Waals surface area contributed by atoms with Crippen molar-refractivity contribution >= 4 is 23.3 Å². The summed E-state index contributed by atoms with van der Waals surface area (Å²) in [4.78, 5) is 10.9. The van der Waals surface area contributed by atoms with Crippen LogP contribution < -0.4 is 15.2 Å². The van der Waals surface area contributed by atoms with Crippen molar-refractivity contribution in [2.45, 2.75) is 0 Å². The van der Waals surface area contributed by atoms with Gasteiger partial charge in [-0.15, -0.1) is 0 Å². The van der Waals surface area contributed by atoms with E-state index in [9.17, 15) is 4.79 Å². The summed E-state index contributed by atoms with van der Waals surface area (Å²) in [7, 11) is 2.72. The first-order valence-corrected chi connectivity index (χ1v) is 4.34. The highest BCUT2D eigenvalue weighted by Gasteiger charge is 2.22. The molecule has 6 heteroatoms. The van der Waals surface area contributed by atoms with Gasteiger partial charge >= 0.3 is 5.97 Å². The molecule has 0 aromatic heterocycles. The number of hydrogen-bond acceptors (Lipinski definition) is 4. The summed E-state index contributed by atoms with van der Waals surface area (Å²) in [6.45, 7) is 0. The van der Waals surface area contributed by atoms with Crippen LogP contribution in [-0.4, -0.2) is 25.3 Å². The van der Waals surface area contributed by atoms with Crippen LogP contribution in [0.25, 0.3) is 0 Å². The molecule has 0 aliphatic carbocycles. The highest BCUT2D eigenvalue weighted by molar-refractivity contribution is 6.36. The van der Waals surface area contributed by atoms with E-state index in [0.29, 0.717) is 0 Å². The minimum Gasteiger partial charge on any atom is -0.493 e. The lowest BCUT2D eigenvalue weighted by molar-refractivity contribution is 0.0693. The van der Waals surface area contributed by atoms with Crippen molar-refractivity contribution in [1.29, 1.82) is 0 Å². The summed E-state index contributed by atoms with van der Waals surface area (Å²) in [5.41, 5.74) is 5.46. The number of carboxylic acid groups (broad SMARTS) is 1. The molecule has 0 bridgehead atoms. The summed E-state index contributed by atoms with van der Waals surface area (Å²) < 4.78 is 9.85. The number of anilines is 1. The number of rotatable bonds is 3. The Bertz CT molecular complexity index is 406. The Kier molecular flexibility index (Phi) is 3.26. The van der Waals surface area contributed by atoms with Gasteiger partial charge in [0.1, 0.15) is 5.56 Å². The molecule has 0 unspecified atom stereocenters. The molecule has 3 N–H and O–H groups in total. The molecule has 0 spiro atoms. The average molecular weight is 232 g/mol. The van der Waals surface area contributed by atoms with Crippen molar-refractivity contribution in [2.24, 2.45) is 0 Å². The molecule has 0 fully saturated rings. The summed E-state index contributed by atoms with van der Waals surface area (Å²) >= 11 is 5.76. The number of methoxy groups -OCH3 is 2. The lowest BCUT2D eigenvalue weighted by atomic mass is 10.1. The van der Waals surface area contributed by atoms with Gasteiger partial charge in [0.2, 0.25) is 0 Å². The molecule has 15 heavy (non-hydrogen) atoms. The van der Waals surface area contributed by atoms with Crippen LogP contribution in [0.15, 0.2) is 6.07 Å². The van der Waals surface area contributed by atoms with Crippen molar-refractivity contribution in [1.82, 2.24) is 0 Å². The number of benzene rings is 1. The third kappa shape index (κ3) is 1.92. The zero-order valence-corrected chi connectivity index (χ0v) is 8.96. The van der Waals surface area contributed by atoms with Crippen LogP contribution in [0.2, 0.25) is 5.02 Å². The van der Waals surface area contributed by atoms with E-state index in [0.717, 1.165) is 0 Å². The molecule has 0 saturated carbocycles. The van der Waals surface area contributed by atoms with Gasteiger partial charge in [-0.25, -0.2) is 4.79 Å². The molecule has 82 valence electrons. The maximum atomic E-state index is 10.9. The Hall–Kier alpha value is -1.62. The number of hydrogen-bond donors (Lipinski definition) is 2. The monoisotopic (exact) mass is 231 g/mol. The number of ether oxygens (including phenoxy) is 2. The summed E-state index contributed by atoms with van der Waals surface area (Å²) in [6, 6.07) is 1.41. The molecule has 1 rings (SSSR count). The van der Waals surface area contributed by atoms with Crippen molar-refractivity contribution in [3.63, 3.8) is 0 Å². The quantitative estimate of drug-likeness (QED) is 0.773. The molecule has 0 aliphatic rings. The van der Waals surface area contributed by atoms with E-state index in [1.165, 1.54) is 20.3 Å². The van der Waals surface area contributed by atoms with Crippen molar-refractivity contribution in [2.75, 3.05) is 20.0 Å². The van der Waals surface area contributed by atoms with Crippen LogP contribution in [0.1, 0.15) is 10.4 Å². The Balaban J connectivity index is 3.56. The normalized spacial score (nSPS) is 9.80. The molecular formula is C9H10ClNO4. The predicted molar refractivity (Wildman–Crippen MR) is 55.9 cm³/mol. The predicted octanol–water partition coefficient (Wildman–Crippen LogP) is 1.64. The molecule has 0 saturated heterocycles. The zero-order valence-electron chi connectivity index (χ0n) is 8.20. The second kappa shape index (κ2) is 4.27. The lowest BCUT2D eigenvalue weighted by Gasteiger charge is -2.13. The Morgan fingerprint density at radius 1 is 1.47 bits per heavy atom. The van der Waals surface area contributed by atoms with Crippen LogP contribution in [0.3, 0.4) is 0 Å². The van der Waals surface area contributed by atoms with Gasteiger partial charge in [-0.2, -0.15) is 0 Å². The first-order valence-electron chi connectivity index (χ1n) is 3.96. The molecule has 0 amide bonds. The number of nitrogen functional groups attached to an aromatic ring is 1. The topological polar surface area (TPSA) is 81.8 Å². The van der Waals surface area contributed by atoms with Crippen LogP contribution >= 0.6 is 11.6 Å². The fourth-order valence-corrected chi connectivity index (χ4v) is 1.40. The van der Waals surface area contributed by atoms with E-state index in [1.807, 2.05) is 0 Å². The van der Waals surface area contributed by atoms with Crippen LogP contribution in [0, 0.1) is 0 Å². The first-order chi connectivity index (χ1) is 7.02. The number of carboxylic acids is 1. The zero-order chi connectivity index (χ0) is 11.6. The Morgan fingerprint density at radius 3 is 2.47 bits per heavy atom. The summed E-state index contributed by atoms with van der Waals surface area (Å²) in [5.74, 6) is -0.927. The minimum atomic E-state index is -1.22. The van der Waals surface area contributed by atoms with E-state index in [-0.39, 0.29) is 27.8 Å². The molecule has 0 radical (unpaired) electrons. The van der Waals surface area contributed by atoms with E-state index < -0.39 is 5.97 Å². The number of halogens is 1. The van der Waals surface area contributed by atoms with Gasteiger partial charge in [0.15, 0.2) is 11.5 Å². The van der Waals surface area contributed by atoms with Gasteiger partial charge in [-0.3, -0.25) is 0 Å². The van der Waals surface area contributed by atoms with Gasteiger partial charge in [-0.1, -0.05) is 11.6 Å². The SMILES string of the molecule is COc1cc(N)c(Cl)c(C(=O)O)c1OC. The molecule has 0 heterocycles. The standard InChI is InChI=1S/C9H10ClNO4/c1-14-5-3-4(11)7(10)6(9(12)13)8(5)15-2/h3H,11H2,1-2H3,(H,12,13). The highest BCUT2D eigenvalue weighted by Crippen LogP contribution is 2.39. The highest BCUT2D eigenvalue weighted by atomic mass is 35.5. The number of nitrogens with two attached hydrogens (primary N) is 1. The number of carbonyl (C=O) groups is 1. The smallest absolute Gasteiger partial charge is 0.341 e. The lowest BCUT2D eigenvalue weighted by Crippen LogP contribution is -2.05. The van der Waals surface area contributed by atoms with Crippen molar-refractivity contribution in [3.8, 4) is 11.5 Å². The molecule has 1 aromatic rings. The summed E-state index contributed by atoms with van der Waals surface area (Å²) in [6.07, 6.45) is 0. The van der Waals surface area contributed by atoms with Gasteiger partial charge in [0, 0.05) is 6.07 Å². The van der Waals surface area contributed by atoms with E-state index in [2.05, 4.69) is 0 Å². The molecule has 1 aromatic carbocycles. The van der Waals surface area contributed by atoms with Gasteiger partial charge < -0.3 is 20.3 Å². The molecule has 5 nitrogen and oxygen atoms in total. The molecule has 0 atom stereocenters. The van der Waals surface area contributed by atoms with Gasteiger partial charge in [0.25, 0.3) is 0 Å². The minimum absolute atomic E-state index is 0.0554. The Labute approximate surface area is 91.4 Å². The number of aromatic carboxylic acids is 1. The van der Waals surface area contributed by atoms with Crippen LogP contribution in [0.4, 0.5) is 5.69 Å². The van der Waals surface area contributed by atoms with Gasteiger partial charge in [0.05, 0.1) is 24.9 Å².